The molecule has 0 bridgehead atoms. The van der Waals surface area contributed by atoms with Crippen LogP contribution in [0, 0.1) is 19.8 Å². The number of rotatable bonds is 2. The summed E-state index contributed by atoms with van der Waals surface area (Å²) in [6.07, 6.45) is 1.74. The first-order chi connectivity index (χ1) is 9.47. The number of nitrogens with one attached hydrogen (secondary N) is 1. The van der Waals surface area contributed by atoms with E-state index in [0.29, 0.717) is 6.54 Å². The Balaban J connectivity index is 2.04. The van der Waals surface area contributed by atoms with E-state index in [9.17, 15) is 9.59 Å². The minimum Gasteiger partial charge on any atom is -0.342 e. The lowest BCUT2D eigenvalue weighted by molar-refractivity contribution is -0.132. The van der Waals surface area contributed by atoms with Gasteiger partial charge in [-0.2, -0.15) is 0 Å². The van der Waals surface area contributed by atoms with Crippen molar-refractivity contribution in [3.05, 3.63) is 29.3 Å². The van der Waals surface area contributed by atoms with Gasteiger partial charge >= 0.3 is 0 Å². The zero-order valence-electron chi connectivity index (χ0n) is 12.4. The lowest BCUT2D eigenvalue weighted by Gasteiger charge is -2.31. The Morgan fingerprint density at radius 2 is 2.05 bits per heavy atom. The van der Waals surface area contributed by atoms with Gasteiger partial charge in [-0.1, -0.05) is 12.1 Å². The number of nitrogens with zero attached hydrogens (tertiary/aromatic N) is 1. The van der Waals surface area contributed by atoms with Crippen LogP contribution < -0.4 is 5.32 Å². The maximum absolute atomic E-state index is 12.4. The Labute approximate surface area is 120 Å². The molecule has 1 aliphatic heterocycles. The monoisotopic (exact) mass is 274 g/mol. The Morgan fingerprint density at radius 3 is 2.75 bits per heavy atom. The van der Waals surface area contributed by atoms with Gasteiger partial charge in [-0.25, -0.2) is 0 Å². The zero-order chi connectivity index (χ0) is 14.7. The van der Waals surface area contributed by atoms with Crippen LogP contribution in [0.5, 0.6) is 0 Å². The van der Waals surface area contributed by atoms with Gasteiger partial charge in [0.2, 0.25) is 11.8 Å². The van der Waals surface area contributed by atoms with Crippen LogP contribution in [-0.2, 0) is 9.59 Å². The Bertz CT molecular complexity index is 525. The number of hydrogen-bond acceptors (Lipinski definition) is 2. The molecule has 1 atom stereocenters. The summed E-state index contributed by atoms with van der Waals surface area (Å²) in [5, 5.41) is 3.00. The predicted octanol–water partition coefficient (Wildman–Crippen LogP) is 2.50. The zero-order valence-corrected chi connectivity index (χ0v) is 12.4. The summed E-state index contributed by atoms with van der Waals surface area (Å²) in [5.41, 5.74) is 3.05. The van der Waals surface area contributed by atoms with E-state index in [1.807, 2.05) is 32.0 Å². The topological polar surface area (TPSA) is 49.4 Å². The van der Waals surface area contributed by atoms with E-state index in [1.54, 1.807) is 11.8 Å². The van der Waals surface area contributed by atoms with Crippen LogP contribution in [0.2, 0.25) is 0 Å². The molecule has 0 aromatic heterocycles. The largest absolute Gasteiger partial charge is 0.342 e. The number of piperidine rings is 1. The number of likely N-dealkylation sites (tertiary alicyclic amines) is 1. The molecule has 1 unspecified atom stereocenters. The van der Waals surface area contributed by atoms with Crippen LogP contribution in [0.15, 0.2) is 18.2 Å². The molecule has 0 radical (unpaired) electrons. The summed E-state index contributed by atoms with van der Waals surface area (Å²) >= 11 is 0. The van der Waals surface area contributed by atoms with E-state index in [2.05, 4.69) is 5.32 Å². The van der Waals surface area contributed by atoms with Crippen molar-refractivity contribution in [1.29, 1.82) is 0 Å². The van der Waals surface area contributed by atoms with Crippen LogP contribution >= 0.6 is 0 Å². The van der Waals surface area contributed by atoms with Gasteiger partial charge in [-0.15, -0.1) is 0 Å². The lowest BCUT2D eigenvalue weighted by atomic mass is 9.96. The van der Waals surface area contributed by atoms with Gasteiger partial charge in [-0.3, -0.25) is 9.59 Å². The molecule has 1 aromatic carbocycles. The summed E-state index contributed by atoms with van der Waals surface area (Å²) < 4.78 is 0. The fourth-order valence-electron chi connectivity index (χ4n) is 2.58. The highest BCUT2D eigenvalue weighted by molar-refractivity contribution is 5.93. The third-order valence-corrected chi connectivity index (χ3v) is 3.89. The molecular weight excluding hydrogens is 252 g/mol. The van der Waals surface area contributed by atoms with Gasteiger partial charge in [0.15, 0.2) is 0 Å². The maximum Gasteiger partial charge on any atom is 0.229 e. The van der Waals surface area contributed by atoms with Crippen LogP contribution in [0.1, 0.15) is 30.9 Å². The van der Waals surface area contributed by atoms with Crippen LogP contribution in [0.4, 0.5) is 5.69 Å². The molecule has 0 aliphatic carbocycles. The van der Waals surface area contributed by atoms with Crippen LogP contribution in [0.3, 0.4) is 0 Å². The number of hydrogen-bond donors (Lipinski definition) is 1. The highest BCUT2D eigenvalue weighted by Crippen LogP contribution is 2.21. The van der Waals surface area contributed by atoms with Crippen molar-refractivity contribution in [3.63, 3.8) is 0 Å². The van der Waals surface area contributed by atoms with E-state index >= 15 is 0 Å². The summed E-state index contributed by atoms with van der Waals surface area (Å²) in [7, 11) is 0. The van der Waals surface area contributed by atoms with Crippen molar-refractivity contribution in [1.82, 2.24) is 4.90 Å². The average Bonchev–Trinajstić information content (AvgIpc) is 2.43. The van der Waals surface area contributed by atoms with Gasteiger partial charge in [0.05, 0.1) is 5.92 Å². The second-order valence-corrected chi connectivity index (χ2v) is 5.61. The summed E-state index contributed by atoms with van der Waals surface area (Å²) in [4.78, 5) is 25.5. The molecule has 1 N–H and O–H groups in total. The van der Waals surface area contributed by atoms with Crippen molar-refractivity contribution in [2.75, 3.05) is 18.4 Å². The average molecular weight is 274 g/mol. The first kappa shape index (κ1) is 14.6. The molecule has 20 heavy (non-hydrogen) atoms. The van der Waals surface area contributed by atoms with E-state index in [1.165, 1.54) is 0 Å². The standard InChI is InChI=1S/C16H22N2O2/c1-11-6-7-12(2)15(9-11)17-16(20)14-5-4-8-18(10-14)13(3)19/h6-7,9,14H,4-5,8,10H2,1-3H3,(H,17,20). The molecule has 0 saturated carbocycles. The molecule has 1 heterocycles. The van der Waals surface area contributed by atoms with E-state index in [4.69, 9.17) is 0 Å². The summed E-state index contributed by atoms with van der Waals surface area (Å²) in [6.45, 7) is 6.85. The van der Waals surface area contributed by atoms with E-state index in [-0.39, 0.29) is 17.7 Å². The Kier molecular flexibility index (Phi) is 4.42. The van der Waals surface area contributed by atoms with Crippen molar-refractivity contribution < 1.29 is 9.59 Å². The molecule has 1 aliphatic rings. The van der Waals surface area contributed by atoms with Gasteiger partial charge in [0.25, 0.3) is 0 Å². The van der Waals surface area contributed by atoms with Crippen molar-refractivity contribution >= 4 is 17.5 Å². The number of anilines is 1. The number of amides is 2. The lowest BCUT2D eigenvalue weighted by Crippen LogP contribution is -2.42. The van der Waals surface area contributed by atoms with Crippen LogP contribution in [0.25, 0.3) is 0 Å². The van der Waals surface area contributed by atoms with Crippen molar-refractivity contribution in [3.8, 4) is 0 Å². The normalized spacial score (nSPS) is 18.8. The molecule has 1 saturated heterocycles. The molecule has 1 fully saturated rings. The predicted molar refractivity (Wildman–Crippen MR) is 79.5 cm³/mol. The molecule has 2 rings (SSSR count). The minimum atomic E-state index is -0.104. The Hall–Kier alpha value is -1.84. The Morgan fingerprint density at radius 1 is 1.30 bits per heavy atom. The maximum atomic E-state index is 12.4. The molecule has 2 amide bonds. The first-order valence-corrected chi connectivity index (χ1v) is 7.11. The van der Waals surface area contributed by atoms with Crippen molar-refractivity contribution in [2.24, 2.45) is 5.92 Å². The fraction of sp³-hybridized carbons (Fsp3) is 0.500. The molecule has 0 spiro atoms. The smallest absolute Gasteiger partial charge is 0.229 e. The van der Waals surface area contributed by atoms with Gasteiger partial charge < -0.3 is 10.2 Å². The molecule has 1 aromatic rings. The molecule has 4 heteroatoms. The third kappa shape index (κ3) is 3.38. The number of aryl methyl sites for hydroxylation is 2. The first-order valence-electron chi connectivity index (χ1n) is 7.11. The van der Waals surface area contributed by atoms with Crippen LogP contribution in [-0.4, -0.2) is 29.8 Å². The van der Waals surface area contributed by atoms with Gasteiger partial charge in [-0.05, 0) is 43.9 Å². The third-order valence-electron chi connectivity index (χ3n) is 3.89. The second-order valence-electron chi connectivity index (χ2n) is 5.61. The summed E-state index contributed by atoms with van der Waals surface area (Å²) in [5.74, 6) is -0.0357. The minimum absolute atomic E-state index is 0.0182. The molecule has 108 valence electrons. The quantitative estimate of drug-likeness (QED) is 0.900. The van der Waals surface area contributed by atoms with E-state index in [0.717, 1.165) is 36.2 Å². The SMILES string of the molecule is CC(=O)N1CCCC(C(=O)Nc2cc(C)ccc2C)C1. The van der Waals surface area contributed by atoms with Crippen molar-refractivity contribution in [2.45, 2.75) is 33.6 Å². The highest BCUT2D eigenvalue weighted by Gasteiger charge is 2.27. The van der Waals surface area contributed by atoms with Gasteiger partial charge in [0, 0.05) is 25.7 Å². The number of benzene rings is 1. The fourth-order valence-corrected chi connectivity index (χ4v) is 2.58. The number of carbonyl (C=O) groups excluding carboxylic acids is 2. The molecule has 4 nitrogen and oxygen atoms in total. The van der Waals surface area contributed by atoms with E-state index < -0.39 is 0 Å². The highest BCUT2D eigenvalue weighted by atomic mass is 16.2. The summed E-state index contributed by atoms with van der Waals surface area (Å²) in [6, 6.07) is 6.02. The second kappa shape index (κ2) is 6.07. The van der Waals surface area contributed by atoms with Gasteiger partial charge in [0.1, 0.15) is 0 Å². The molecular formula is C16H22N2O2. The number of carbonyl (C=O) groups is 2.